The van der Waals surface area contributed by atoms with E-state index in [9.17, 15) is 35.1 Å². The summed E-state index contributed by atoms with van der Waals surface area (Å²) >= 11 is 0. The summed E-state index contributed by atoms with van der Waals surface area (Å²) in [4.78, 5) is 43.0. The summed E-state index contributed by atoms with van der Waals surface area (Å²) < 4.78 is 16.0. The van der Waals surface area contributed by atoms with Crippen LogP contribution in [0.25, 0.3) is 0 Å². The van der Waals surface area contributed by atoms with Gasteiger partial charge in [0.2, 0.25) is 5.75 Å². The maximum Gasteiger partial charge on any atom is 0.318 e. The number of benzene rings is 3. The van der Waals surface area contributed by atoms with Gasteiger partial charge < -0.3 is 14.2 Å². The molecule has 15 heteroatoms. The second-order valence-corrected chi connectivity index (χ2v) is 6.99. The molecule has 0 aliphatic carbocycles. The molecule has 0 aromatic heterocycles. The Morgan fingerprint density at radius 1 is 0.865 bits per heavy atom. The van der Waals surface area contributed by atoms with Crippen molar-refractivity contribution in [3.63, 3.8) is 0 Å². The lowest BCUT2D eigenvalue weighted by Crippen LogP contribution is -2.24. The van der Waals surface area contributed by atoms with Crippen molar-refractivity contribution in [3.05, 3.63) is 96.6 Å². The number of ether oxygens (including phenoxy) is 3. The van der Waals surface area contributed by atoms with Crippen molar-refractivity contribution in [2.24, 2.45) is 5.10 Å². The van der Waals surface area contributed by atoms with E-state index in [1.54, 1.807) is 0 Å². The fourth-order valence-electron chi connectivity index (χ4n) is 2.90. The number of methoxy groups -OCH3 is 1. The lowest BCUT2D eigenvalue weighted by molar-refractivity contribution is -0.394. The second-order valence-electron chi connectivity index (χ2n) is 6.99. The van der Waals surface area contributed by atoms with Gasteiger partial charge >= 0.3 is 11.4 Å². The third kappa shape index (κ3) is 6.72. The molecule has 3 rings (SSSR count). The summed E-state index contributed by atoms with van der Waals surface area (Å²) in [6, 6.07) is 12.9. The SMILES string of the molecule is COc1cc(C=NNC(=O)COc2ccccc2[N+](=O)[O-])ccc1Oc1ccc([N+](=O)[O-])cc1[N+](=O)[O-]. The van der Waals surface area contributed by atoms with Gasteiger partial charge in [-0.2, -0.15) is 5.10 Å². The molecule has 1 N–H and O–H groups in total. The number of hydrazone groups is 1. The molecule has 190 valence electrons. The molecule has 3 aromatic rings. The Hall–Kier alpha value is -5.60. The number of carbonyl (C=O) groups excluding carboxylic acids is 1. The Balaban J connectivity index is 1.66. The number of non-ortho nitro benzene ring substituents is 1. The van der Waals surface area contributed by atoms with Crippen molar-refractivity contribution < 1.29 is 33.8 Å². The van der Waals surface area contributed by atoms with Crippen molar-refractivity contribution in [1.82, 2.24) is 5.43 Å². The number of para-hydroxylation sites is 2. The van der Waals surface area contributed by atoms with E-state index < -0.39 is 38.7 Å². The van der Waals surface area contributed by atoms with Crippen LogP contribution in [0.3, 0.4) is 0 Å². The number of amides is 1. The largest absolute Gasteiger partial charge is 0.493 e. The standard InChI is InChI=1S/C22H17N5O10/c1-35-21-10-14(12-23-24-22(28)13-36-18-5-3-2-4-16(18)26(31)32)6-8-20(21)37-19-9-7-15(25(29)30)11-17(19)27(33)34/h2-12H,13H2,1H3,(H,24,28). The highest BCUT2D eigenvalue weighted by molar-refractivity contribution is 5.83. The maximum absolute atomic E-state index is 12.0. The van der Waals surface area contributed by atoms with Gasteiger partial charge in [-0.25, -0.2) is 5.43 Å². The molecule has 0 saturated heterocycles. The molecule has 0 fully saturated rings. The van der Waals surface area contributed by atoms with Crippen molar-refractivity contribution in [3.8, 4) is 23.0 Å². The first kappa shape index (κ1) is 26.0. The zero-order valence-electron chi connectivity index (χ0n) is 18.9. The van der Waals surface area contributed by atoms with E-state index in [2.05, 4.69) is 10.5 Å². The van der Waals surface area contributed by atoms with Crippen LogP contribution in [0.2, 0.25) is 0 Å². The Labute approximate surface area is 207 Å². The summed E-state index contributed by atoms with van der Waals surface area (Å²) in [5, 5.41) is 37.0. The zero-order valence-corrected chi connectivity index (χ0v) is 18.9. The maximum atomic E-state index is 12.0. The first-order valence-electron chi connectivity index (χ1n) is 10.2. The van der Waals surface area contributed by atoms with Gasteiger partial charge in [-0.15, -0.1) is 0 Å². The van der Waals surface area contributed by atoms with E-state index in [0.29, 0.717) is 5.56 Å². The van der Waals surface area contributed by atoms with E-state index >= 15 is 0 Å². The van der Waals surface area contributed by atoms with E-state index in [1.165, 1.54) is 55.8 Å². The zero-order chi connectivity index (χ0) is 26.9. The quantitative estimate of drug-likeness (QED) is 0.225. The first-order valence-corrected chi connectivity index (χ1v) is 10.2. The van der Waals surface area contributed by atoms with Crippen molar-refractivity contribution in [1.29, 1.82) is 0 Å². The van der Waals surface area contributed by atoms with Crippen molar-refractivity contribution in [2.75, 3.05) is 13.7 Å². The molecule has 15 nitrogen and oxygen atoms in total. The Bertz CT molecular complexity index is 1390. The van der Waals surface area contributed by atoms with E-state index in [-0.39, 0.29) is 28.7 Å². The van der Waals surface area contributed by atoms with Gasteiger partial charge in [0, 0.05) is 12.1 Å². The molecule has 0 aliphatic rings. The molecule has 0 spiro atoms. The van der Waals surface area contributed by atoms with Gasteiger partial charge in [-0.05, 0) is 35.9 Å². The van der Waals surface area contributed by atoms with Crippen LogP contribution in [-0.2, 0) is 4.79 Å². The predicted octanol–water partition coefficient (Wildman–Crippen LogP) is 3.74. The summed E-state index contributed by atoms with van der Waals surface area (Å²) in [6.45, 7) is -0.522. The highest BCUT2D eigenvalue weighted by Gasteiger charge is 2.22. The van der Waals surface area contributed by atoms with Crippen LogP contribution in [-0.4, -0.2) is 40.6 Å². The molecule has 0 atom stereocenters. The molecule has 0 unspecified atom stereocenters. The smallest absolute Gasteiger partial charge is 0.318 e. The molecule has 0 bridgehead atoms. The van der Waals surface area contributed by atoms with Crippen LogP contribution in [0.15, 0.2) is 65.8 Å². The average Bonchev–Trinajstić information content (AvgIpc) is 2.88. The lowest BCUT2D eigenvalue weighted by Gasteiger charge is -2.11. The minimum absolute atomic E-state index is 0.0692. The monoisotopic (exact) mass is 511 g/mol. The first-order chi connectivity index (χ1) is 17.7. The van der Waals surface area contributed by atoms with E-state index in [4.69, 9.17) is 14.2 Å². The van der Waals surface area contributed by atoms with E-state index in [1.807, 2.05) is 0 Å². The molecule has 1 amide bonds. The highest BCUT2D eigenvalue weighted by atomic mass is 16.6. The van der Waals surface area contributed by atoms with Gasteiger partial charge in [0.25, 0.3) is 11.6 Å². The molecule has 0 heterocycles. The third-order valence-electron chi connectivity index (χ3n) is 4.58. The van der Waals surface area contributed by atoms with Gasteiger partial charge in [0.15, 0.2) is 23.9 Å². The topological polar surface area (TPSA) is 199 Å². The molecular weight excluding hydrogens is 494 g/mol. The van der Waals surface area contributed by atoms with Crippen LogP contribution < -0.4 is 19.6 Å². The number of nitro groups is 3. The fraction of sp³-hybridized carbons (Fsp3) is 0.0909. The minimum Gasteiger partial charge on any atom is -0.493 e. The minimum atomic E-state index is -0.807. The number of hydrogen-bond donors (Lipinski definition) is 1. The lowest BCUT2D eigenvalue weighted by atomic mass is 10.2. The summed E-state index contributed by atoms with van der Waals surface area (Å²) in [5.41, 5.74) is 1.30. The fourth-order valence-corrected chi connectivity index (χ4v) is 2.90. The van der Waals surface area contributed by atoms with Crippen molar-refractivity contribution >= 4 is 29.2 Å². The summed E-state index contributed by atoms with van der Waals surface area (Å²) in [5.74, 6) is -0.741. The van der Waals surface area contributed by atoms with Gasteiger partial charge in [0.05, 0.1) is 34.2 Å². The van der Waals surface area contributed by atoms with Gasteiger partial charge in [-0.1, -0.05) is 12.1 Å². The van der Waals surface area contributed by atoms with Crippen LogP contribution in [0.4, 0.5) is 17.1 Å². The number of nitrogens with zero attached hydrogens (tertiary/aromatic N) is 4. The van der Waals surface area contributed by atoms with Crippen LogP contribution in [0.5, 0.6) is 23.0 Å². The van der Waals surface area contributed by atoms with E-state index in [0.717, 1.165) is 18.2 Å². The predicted molar refractivity (Wildman–Crippen MR) is 127 cm³/mol. The highest BCUT2D eigenvalue weighted by Crippen LogP contribution is 2.38. The molecule has 0 aliphatic heterocycles. The number of nitro benzene ring substituents is 3. The normalized spacial score (nSPS) is 10.5. The molecular formula is C22H17N5O10. The Morgan fingerprint density at radius 2 is 1.57 bits per heavy atom. The molecule has 3 aromatic carbocycles. The summed E-state index contributed by atoms with van der Waals surface area (Å²) in [7, 11) is 1.33. The second kappa shape index (κ2) is 11.7. The van der Waals surface area contributed by atoms with Gasteiger partial charge in [-0.3, -0.25) is 35.1 Å². The Kier molecular flexibility index (Phi) is 8.22. The number of rotatable bonds is 11. The Morgan fingerprint density at radius 3 is 2.24 bits per heavy atom. The molecule has 0 radical (unpaired) electrons. The third-order valence-corrected chi connectivity index (χ3v) is 4.58. The number of nitrogens with one attached hydrogen (secondary N) is 1. The molecule has 0 saturated carbocycles. The number of hydrogen-bond acceptors (Lipinski definition) is 11. The van der Waals surface area contributed by atoms with Crippen LogP contribution >= 0.6 is 0 Å². The average molecular weight is 511 g/mol. The van der Waals surface area contributed by atoms with Crippen LogP contribution in [0.1, 0.15) is 5.56 Å². The number of carbonyl (C=O) groups is 1. The molecule has 37 heavy (non-hydrogen) atoms. The van der Waals surface area contributed by atoms with Gasteiger partial charge in [0.1, 0.15) is 0 Å². The van der Waals surface area contributed by atoms with Crippen molar-refractivity contribution in [2.45, 2.75) is 0 Å². The van der Waals surface area contributed by atoms with Crippen LogP contribution in [0, 0.1) is 30.3 Å². The summed E-state index contributed by atoms with van der Waals surface area (Å²) in [6.07, 6.45) is 1.27.